The normalized spacial score (nSPS) is 10.6. The average Bonchev–Trinajstić information content (AvgIpc) is 2.15. The lowest BCUT2D eigenvalue weighted by atomic mass is 10.1. The van der Waals surface area contributed by atoms with Crippen LogP contribution < -0.4 is 5.10 Å². The van der Waals surface area contributed by atoms with Crippen molar-refractivity contribution in [3.8, 4) is 0 Å². The summed E-state index contributed by atoms with van der Waals surface area (Å²) in [6.07, 6.45) is 2.39. The number of nitrogens with zero attached hydrogens (tertiary/aromatic N) is 1. The van der Waals surface area contributed by atoms with Crippen molar-refractivity contribution < 1.29 is 9.52 Å². The Morgan fingerprint density at radius 3 is 3.00 bits per heavy atom. The lowest BCUT2D eigenvalue weighted by Crippen LogP contribution is -2.02. The molecule has 1 aromatic rings. The minimum Gasteiger partial charge on any atom is -0.388 e. The molecule has 0 atom stereocenters. The Morgan fingerprint density at radius 1 is 1.78 bits per heavy atom. The van der Waals surface area contributed by atoms with Crippen LogP contribution in [0, 0.1) is 5.92 Å². The number of aromatic amines is 1. The van der Waals surface area contributed by atoms with Gasteiger partial charge < -0.3 is 4.42 Å². The highest BCUT2D eigenvalue weighted by molar-refractivity contribution is 4.71. The van der Waals surface area contributed by atoms with Crippen LogP contribution in [0.5, 0.6) is 0 Å². The summed E-state index contributed by atoms with van der Waals surface area (Å²) in [5, 5.41) is 6.48. The van der Waals surface area contributed by atoms with Crippen LogP contribution in [0.4, 0.5) is 0 Å². The first-order valence-electron chi connectivity index (χ1n) is 3.09. The third-order valence-electron chi connectivity index (χ3n) is 1.02. The molecule has 0 aliphatic carbocycles. The molecule has 1 heterocycles. The van der Waals surface area contributed by atoms with Gasteiger partial charge in [-0.1, -0.05) is 18.9 Å². The number of H-pyrrole nitrogens is 1. The molecule has 3 heteroatoms. The average molecular weight is 127 g/mol. The fourth-order valence-electron chi connectivity index (χ4n) is 0.662. The Bertz CT molecular complexity index is 158. The molecule has 0 spiro atoms. The van der Waals surface area contributed by atoms with Crippen LogP contribution in [0.25, 0.3) is 0 Å². The number of hydrogen-bond donors (Lipinski definition) is 0. The summed E-state index contributed by atoms with van der Waals surface area (Å²) >= 11 is 0. The highest BCUT2D eigenvalue weighted by atomic mass is 16.4. The van der Waals surface area contributed by atoms with Crippen molar-refractivity contribution in [3.63, 3.8) is 0 Å². The predicted octanol–water partition coefficient (Wildman–Crippen LogP) is 0.687. The molecule has 0 aliphatic heterocycles. The molecule has 0 aromatic carbocycles. The smallest absolute Gasteiger partial charge is 0.359 e. The lowest BCUT2D eigenvalue weighted by molar-refractivity contribution is -0.456. The zero-order valence-corrected chi connectivity index (χ0v) is 5.72. The lowest BCUT2D eigenvalue weighted by Gasteiger charge is -1.93. The molecule has 0 amide bonds. The molecule has 0 aliphatic rings. The van der Waals surface area contributed by atoms with E-state index in [0.29, 0.717) is 5.92 Å². The van der Waals surface area contributed by atoms with E-state index in [-0.39, 0.29) is 0 Å². The van der Waals surface area contributed by atoms with Gasteiger partial charge >= 0.3 is 6.39 Å². The van der Waals surface area contributed by atoms with Crippen molar-refractivity contribution in [1.29, 1.82) is 0 Å². The Balaban J connectivity index is 2.48. The summed E-state index contributed by atoms with van der Waals surface area (Å²) in [6, 6.07) is 0. The van der Waals surface area contributed by atoms with Gasteiger partial charge in [-0.2, -0.15) is 0 Å². The minimum atomic E-state index is 0.608. The van der Waals surface area contributed by atoms with Gasteiger partial charge in [0.1, 0.15) is 0 Å². The molecule has 3 nitrogen and oxygen atoms in total. The first-order chi connectivity index (χ1) is 4.29. The Morgan fingerprint density at radius 2 is 2.56 bits per heavy atom. The molecule has 0 bridgehead atoms. The van der Waals surface area contributed by atoms with Crippen LogP contribution in [0.1, 0.15) is 19.7 Å². The van der Waals surface area contributed by atoms with Crippen molar-refractivity contribution in [2.75, 3.05) is 0 Å². The number of nitrogens with one attached hydrogen (secondary N) is 1. The van der Waals surface area contributed by atoms with Gasteiger partial charge in [-0.25, -0.2) is 0 Å². The molecule has 1 aromatic heterocycles. The monoisotopic (exact) mass is 127 g/mol. The summed E-state index contributed by atoms with van der Waals surface area (Å²) in [4.78, 5) is 0. The molecule has 0 unspecified atom stereocenters. The maximum absolute atomic E-state index is 4.98. The maximum atomic E-state index is 4.98. The van der Waals surface area contributed by atoms with E-state index in [1.807, 2.05) is 0 Å². The van der Waals surface area contributed by atoms with Gasteiger partial charge in [-0.3, -0.25) is 0 Å². The SMILES string of the molecule is CC(C)Cc1n[nH+]co1. The van der Waals surface area contributed by atoms with Crippen LogP contribution in [0.3, 0.4) is 0 Å². The van der Waals surface area contributed by atoms with Crippen molar-refractivity contribution in [3.05, 3.63) is 12.3 Å². The highest BCUT2D eigenvalue weighted by Gasteiger charge is 2.03. The maximum Gasteiger partial charge on any atom is 0.359 e. The number of aromatic nitrogens is 2. The van der Waals surface area contributed by atoms with E-state index in [2.05, 4.69) is 24.0 Å². The van der Waals surface area contributed by atoms with Gasteiger partial charge in [0.25, 0.3) is 5.89 Å². The molecular weight excluding hydrogens is 116 g/mol. The topological polar surface area (TPSA) is 40.2 Å². The first-order valence-corrected chi connectivity index (χ1v) is 3.09. The molecule has 9 heavy (non-hydrogen) atoms. The van der Waals surface area contributed by atoms with Gasteiger partial charge in [0.15, 0.2) is 0 Å². The summed E-state index contributed by atoms with van der Waals surface area (Å²) in [5.41, 5.74) is 0. The second-order valence-electron chi connectivity index (χ2n) is 2.47. The van der Waals surface area contributed by atoms with Crippen LogP contribution in [0.2, 0.25) is 0 Å². The van der Waals surface area contributed by atoms with Gasteiger partial charge in [0.05, 0.1) is 0 Å². The van der Waals surface area contributed by atoms with Crippen LogP contribution >= 0.6 is 0 Å². The minimum absolute atomic E-state index is 0.608. The van der Waals surface area contributed by atoms with E-state index in [1.165, 1.54) is 6.39 Å². The van der Waals surface area contributed by atoms with E-state index in [1.54, 1.807) is 0 Å². The predicted molar refractivity (Wildman–Crippen MR) is 31.6 cm³/mol. The Hall–Kier alpha value is -0.860. The molecule has 0 saturated carbocycles. The fourth-order valence-corrected chi connectivity index (χ4v) is 0.662. The summed E-state index contributed by atoms with van der Waals surface area (Å²) < 4.78 is 4.98. The molecule has 50 valence electrons. The number of hydrogen-bond acceptors (Lipinski definition) is 2. The fraction of sp³-hybridized carbons (Fsp3) is 0.667. The second-order valence-corrected chi connectivity index (χ2v) is 2.47. The van der Waals surface area contributed by atoms with Crippen LogP contribution in [0.15, 0.2) is 10.8 Å². The van der Waals surface area contributed by atoms with Crippen molar-refractivity contribution >= 4 is 0 Å². The van der Waals surface area contributed by atoms with Gasteiger partial charge in [0.2, 0.25) is 0 Å². The molecular formula is C6H11N2O+. The van der Waals surface area contributed by atoms with E-state index in [9.17, 15) is 0 Å². The third-order valence-corrected chi connectivity index (χ3v) is 1.02. The van der Waals surface area contributed by atoms with Crippen LogP contribution in [-0.2, 0) is 6.42 Å². The second kappa shape index (κ2) is 2.62. The van der Waals surface area contributed by atoms with Gasteiger partial charge in [0, 0.05) is 11.5 Å². The van der Waals surface area contributed by atoms with E-state index in [0.717, 1.165) is 12.3 Å². The van der Waals surface area contributed by atoms with Crippen molar-refractivity contribution in [2.45, 2.75) is 20.3 Å². The zero-order valence-electron chi connectivity index (χ0n) is 5.72. The Labute approximate surface area is 54.1 Å². The highest BCUT2D eigenvalue weighted by Crippen LogP contribution is 2.01. The van der Waals surface area contributed by atoms with Crippen molar-refractivity contribution in [1.82, 2.24) is 5.10 Å². The van der Waals surface area contributed by atoms with E-state index in [4.69, 9.17) is 4.42 Å². The van der Waals surface area contributed by atoms with Crippen molar-refractivity contribution in [2.24, 2.45) is 5.92 Å². The Kier molecular flexibility index (Phi) is 1.82. The standard InChI is InChI=1S/C6H10N2O/c1-5(2)3-6-8-7-4-9-6/h4-5H,3H2,1-2H3/p+1. The zero-order chi connectivity index (χ0) is 6.69. The van der Waals surface area contributed by atoms with Gasteiger partial charge in [-0.15, -0.1) is 0 Å². The molecule has 1 rings (SSSR count). The summed E-state index contributed by atoms with van der Waals surface area (Å²) in [6.45, 7) is 4.26. The first kappa shape index (κ1) is 6.26. The van der Waals surface area contributed by atoms with E-state index < -0.39 is 0 Å². The largest absolute Gasteiger partial charge is 0.388 e. The molecule has 0 radical (unpaired) electrons. The quantitative estimate of drug-likeness (QED) is 0.586. The number of rotatable bonds is 2. The molecule has 0 saturated heterocycles. The summed E-state index contributed by atoms with van der Waals surface area (Å²) in [5.74, 6) is 1.39. The van der Waals surface area contributed by atoms with E-state index >= 15 is 0 Å². The molecule has 0 fully saturated rings. The molecule has 1 N–H and O–H groups in total. The summed E-state index contributed by atoms with van der Waals surface area (Å²) in [7, 11) is 0. The van der Waals surface area contributed by atoms with Gasteiger partial charge in [-0.05, 0) is 5.92 Å². The van der Waals surface area contributed by atoms with Crippen LogP contribution in [-0.4, -0.2) is 5.10 Å². The third kappa shape index (κ3) is 1.83.